The molecule has 0 saturated carbocycles. The maximum absolute atomic E-state index is 14.1. The number of nitrogens with zero attached hydrogens (tertiary/aromatic N) is 4. The summed E-state index contributed by atoms with van der Waals surface area (Å²) in [6.07, 6.45) is 2.33. The normalized spacial score (nSPS) is 26.1. The zero-order chi connectivity index (χ0) is 39.4. The van der Waals surface area contributed by atoms with E-state index in [1.54, 1.807) is 15.7 Å². The van der Waals surface area contributed by atoms with Crippen LogP contribution in [0, 0.1) is 17.8 Å². The van der Waals surface area contributed by atoms with Crippen molar-refractivity contribution < 1.29 is 24.0 Å². The molecular formula is C39H50N8O5S3. The van der Waals surface area contributed by atoms with Crippen LogP contribution in [0.2, 0.25) is 0 Å². The van der Waals surface area contributed by atoms with Crippen molar-refractivity contribution in [2.24, 2.45) is 22.7 Å². The zero-order valence-electron chi connectivity index (χ0n) is 32.0. The number of thiazole rings is 2. The Morgan fingerprint density at radius 1 is 0.782 bits per heavy atom. The van der Waals surface area contributed by atoms with Gasteiger partial charge in [-0.1, -0.05) is 78.3 Å². The van der Waals surface area contributed by atoms with Crippen LogP contribution in [0.5, 0.6) is 0 Å². The van der Waals surface area contributed by atoms with Crippen LogP contribution in [0.4, 0.5) is 0 Å². The van der Waals surface area contributed by atoms with Crippen molar-refractivity contribution in [1.29, 1.82) is 0 Å². The molecule has 6 rings (SSSR count). The van der Waals surface area contributed by atoms with Gasteiger partial charge in [0.25, 0.3) is 11.8 Å². The van der Waals surface area contributed by atoms with Gasteiger partial charge in [0, 0.05) is 23.1 Å². The molecule has 55 heavy (non-hydrogen) atoms. The van der Waals surface area contributed by atoms with Crippen molar-refractivity contribution in [3.63, 3.8) is 0 Å². The second-order valence-electron chi connectivity index (χ2n) is 15.1. The first-order chi connectivity index (χ1) is 26.3. The lowest BCUT2D eigenvalue weighted by Crippen LogP contribution is -2.55. The first-order valence-corrected chi connectivity index (χ1v) is 21.8. The molecule has 1 unspecified atom stereocenters. The third-order valence-electron chi connectivity index (χ3n) is 10.4. The summed E-state index contributed by atoms with van der Waals surface area (Å²) in [7, 11) is 0. The highest BCUT2D eigenvalue weighted by atomic mass is 32.2. The van der Waals surface area contributed by atoms with E-state index in [1.165, 1.54) is 34.4 Å². The van der Waals surface area contributed by atoms with E-state index in [2.05, 4.69) is 26.3 Å². The molecule has 1 fully saturated rings. The van der Waals surface area contributed by atoms with E-state index in [4.69, 9.17) is 9.98 Å². The van der Waals surface area contributed by atoms with Crippen molar-refractivity contribution >= 4 is 69.0 Å². The topological polar surface area (TPSA) is 175 Å². The van der Waals surface area contributed by atoms with Gasteiger partial charge in [0.2, 0.25) is 17.7 Å². The summed E-state index contributed by atoms with van der Waals surface area (Å²) in [5, 5.41) is 17.5. The van der Waals surface area contributed by atoms with E-state index in [0.29, 0.717) is 46.6 Å². The molecule has 3 aliphatic rings. The highest BCUT2D eigenvalue weighted by Crippen LogP contribution is 2.31. The van der Waals surface area contributed by atoms with Gasteiger partial charge < -0.3 is 26.2 Å². The average molecular weight is 807 g/mol. The third-order valence-corrected chi connectivity index (χ3v) is 13.5. The van der Waals surface area contributed by atoms with Crippen molar-refractivity contribution in [1.82, 2.24) is 36.1 Å². The average Bonchev–Trinajstić information content (AvgIpc) is 4.01. The summed E-state index contributed by atoms with van der Waals surface area (Å²) in [4.78, 5) is 85.2. The summed E-state index contributed by atoms with van der Waals surface area (Å²) in [5.74, 6) is -1.71. The highest BCUT2D eigenvalue weighted by molar-refractivity contribution is 8.14. The second-order valence-corrected chi connectivity index (χ2v) is 18.0. The van der Waals surface area contributed by atoms with Gasteiger partial charge in [0.15, 0.2) is 0 Å². The van der Waals surface area contributed by atoms with Gasteiger partial charge in [-0.2, -0.15) is 0 Å². The molecule has 1 aromatic carbocycles. The molecule has 3 aromatic rings. The minimum Gasteiger partial charge on any atom is -0.345 e. The standard InChI is InChI=1S/C39H50N8O5S3/c1-7-22(6)31-38-43-27(19-55-38)33(49)45-30(21(4)5)39(52)47-15-11-14-28(47)35(51)44-29(20(2)3)37-42-25(18-54-37)32(48)40-24(16-23-12-9-8-10-13-23)36-41-26(17-53-36)34(50)46-31/h8-10,12-13,18-22,24,26,28-31H,7,11,14-17H2,1-6H3,(H,40,48)(H,44,51)(H,45,49)(H,46,50)/t22?,24-,26-,28-,29-,30-,31+/m0/s1. The Morgan fingerprint density at radius 2 is 1.40 bits per heavy atom. The highest BCUT2D eigenvalue weighted by Gasteiger charge is 2.40. The molecule has 3 aliphatic heterocycles. The molecule has 6 bridgehead atoms. The van der Waals surface area contributed by atoms with Crippen LogP contribution < -0.4 is 21.3 Å². The minimum atomic E-state index is -0.889. The quantitative estimate of drug-likeness (QED) is 0.271. The molecule has 0 radical (unpaired) electrons. The molecular weight excluding hydrogens is 757 g/mol. The SMILES string of the molecule is CCC(C)[C@H]1NC(=O)[C@@H]2CSC(=N2)[C@H](Cc2ccccc2)NC(=O)c2csc(n2)[C@H](C(C)C)NC(=O)[C@@H]2CCCN2C(=O)[C@H](C(C)C)NC(=O)c2csc1n2. The van der Waals surface area contributed by atoms with Gasteiger partial charge in [-0.25, -0.2) is 9.97 Å². The van der Waals surface area contributed by atoms with Gasteiger partial charge in [0.05, 0.1) is 23.2 Å². The van der Waals surface area contributed by atoms with Crippen molar-refractivity contribution in [2.45, 2.75) is 103 Å². The Morgan fingerprint density at radius 3 is 2.04 bits per heavy atom. The van der Waals surface area contributed by atoms with Crippen molar-refractivity contribution in [3.8, 4) is 0 Å². The van der Waals surface area contributed by atoms with Crippen LogP contribution in [-0.2, 0) is 20.8 Å². The fourth-order valence-electron chi connectivity index (χ4n) is 6.97. The Hall–Kier alpha value is -4.15. The smallest absolute Gasteiger partial charge is 0.271 e. The number of rotatable bonds is 6. The molecule has 1 saturated heterocycles. The minimum absolute atomic E-state index is 0.00581. The molecule has 13 nitrogen and oxygen atoms in total. The van der Waals surface area contributed by atoms with E-state index in [1.807, 2.05) is 71.9 Å². The van der Waals surface area contributed by atoms with E-state index >= 15 is 0 Å². The van der Waals surface area contributed by atoms with E-state index in [0.717, 1.165) is 12.0 Å². The van der Waals surface area contributed by atoms with Crippen LogP contribution in [0.25, 0.3) is 0 Å². The fraction of sp³-hybridized carbons (Fsp3) is 0.538. The lowest BCUT2D eigenvalue weighted by atomic mass is 9.99. The first kappa shape index (κ1) is 40.5. The number of hydrogen-bond donors (Lipinski definition) is 4. The van der Waals surface area contributed by atoms with E-state index in [9.17, 15) is 24.0 Å². The summed E-state index contributed by atoms with van der Waals surface area (Å²) in [6.45, 7) is 12.1. The Balaban J connectivity index is 1.37. The van der Waals surface area contributed by atoms with Gasteiger partial charge in [-0.05, 0) is 42.6 Å². The fourth-order valence-corrected chi connectivity index (χ4v) is 10.1. The number of amides is 5. The number of aliphatic imine (C=N–C) groups is 1. The van der Waals surface area contributed by atoms with Crippen LogP contribution in [0.3, 0.4) is 0 Å². The zero-order valence-corrected chi connectivity index (χ0v) is 34.5. The lowest BCUT2D eigenvalue weighted by Gasteiger charge is -2.31. The van der Waals surface area contributed by atoms with Crippen molar-refractivity contribution in [3.05, 3.63) is 68.1 Å². The molecule has 0 spiro atoms. The Bertz CT molecular complexity index is 1910. The molecule has 16 heteroatoms. The molecule has 5 heterocycles. The number of nitrogens with one attached hydrogen (secondary N) is 4. The van der Waals surface area contributed by atoms with Crippen LogP contribution in [0.1, 0.15) is 109 Å². The van der Waals surface area contributed by atoms with Crippen LogP contribution in [0.15, 0.2) is 46.1 Å². The molecule has 294 valence electrons. The van der Waals surface area contributed by atoms with Gasteiger partial charge >= 0.3 is 0 Å². The predicted molar refractivity (Wildman–Crippen MR) is 216 cm³/mol. The van der Waals surface area contributed by atoms with E-state index in [-0.39, 0.29) is 52.8 Å². The number of carbonyl (C=O) groups is 5. The maximum atomic E-state index is 14.1. The first-order valence-electron chi connectivity index (χ1n) is 19.0. The molecule has 7 atom stereocenters. The molecule has 0 aliphatic carbocycles. The van der Waals surface area contributed by atoms with Crippen LogP contribution >= 0.6 is 34.4 Å². The number of carbonyl (C=O) groups excluding carboxylic acids is 5. The summed E-state index contributed by atoms with van der Waals surface area (Å²) in [6, 6.07) is 5.99. The number of fused-ring (bicyclic) bond motifs is 6. The monoisotopic (exact) mass is 806 g/mol. The van der Waals surface area contributed by atoms with Crippen LogP contribution in [-0.4, -0.2) is 85.9 Å². The van der Waals surface area contributed by atoms with Gasteiger partial charge in [-0.3, -0.25) is 29.0 Å². The summed E-state index contributed by atoms with van der Waals surface area (Å²) >= 11 is 4.02. The number of thioether (sulfide) groups is 1. The maximum Gasteiger partial charge on any atom is 0.271 e. The van der Waals surface area contributed by atoms with Gasteiger partial charge in [0.1, 0.15) is 39.5 Å². The molecule has 5 amide bonds. The predicted octanol–water partition coefficient (Wildman–Crippen LogP) is 4.93. The number of hydrogen-bond acceptors (Lipinski definition) is 11. The van der Waals surface area contributed by atoms with Gasteiger partial charge in [-0.15, -0.1) is 34.4 Å². The largest absolute Gasteiger partial charge is 0.345 e. The van der Waals surface area contributed by atoms with E-state index < -0.39 is 42.2 Å². The summed E-state index contributed by atoms with van der Waals surface area (Å²) in [5.41, 5.74) is 1.38. The third kappa shape index (κ3) is 9.29. The Labute approximate surface area is 334 Å². The number of aromatic nitrogens is 2. The lowest BCUT2D eigenvalue weighted by molar-refractivity contribution is -0.141. The number of benzene rings is 1. The Kier molecular flexibility index (Phi) is 13.1. The molecule has 4 N–H and O–H groups in total. The second kappa shape index (κ2) is 17.8. The summed E-state index contributed by atoms with van der Waals surface area (Å²) < 4.78 is 0. The van der Waals surface area contributed by atoms with Crippen molar-refractivity contribution in [2.75, 3.05) is 12.3 Å². The molecule has 2 aromatic heterocycles.